The highest BCUT2D eigenvalue weighted by Crippen LogP contribution is 2.28. The first-order chi connectivity index (χ1) is 6.44. The summed E-state index contributed by atoms with van der Waals surface area (Å²) in [7, 11) is 0. The van der Waals surface area contributed by atoms with E-state index in [2.05, 4.69) is 17.4 Å². The van der Waals surface area contributed by atoms with Crippen LogP contribution in [0, 0.1) is 11.9 Å². The fraction of sp³-hybridized carbons (Fsp3) is 0.111. The lowest BCUT2D eigenvalue weighted by Crippen LogP contribution is -2.18. The van der Waals surface area contributed by atoms with Crippen LogP contribution < -0.4 is 4.74 Å². The SMILES string of the molecule is C=[C]c1cccc(F)c1OC(F)(F)F. The second-order valence-corrected chi connectivity index (χ2v) is 2.34. The predicted molar refractivity (Wildman–Crippen MR) is 41.1 cm³/mol. The van der Waals surface area contributed by atoms with Crippen molar-refractivity contribution >= 4 is 0 Å². The van der Waals surface area contributed by atoms with Crippen LogP contribution in [0.25, 0.3) is 0 Å². The Morgan fingerprint density at radius 2 is 1.93 bits per heavy atom. The minimum absolute atomic E-state index is 0.165. The fourth-order valence-electron chi connectivity index (χ4n) is 0.868. The van der Waals surface area contributed by atoms with E-state index in [1.165, 1.54) is 12.1 Å². The Morgan fingerprint density at radius 1 is 1.29 bits per heavy atom. The minimum Gasteiger partial charge on any atom is -0.402 e. The summed E-state index contributed by atoms with van der Waals surface area (Å²) in [5.74, 6) is -2.01. The summed E-state index contributed by atoms with van der Waals surface area (Å²) in [5.41, 5.74) is -0.165. The topological polar surface area (TPSA) is 9.23 Å². The lowest BCUT2D eigenvalue weighted by Gasteiger charge is -2.11. The molecule has 0 N–H and O–H groups in total. The van der Waals surface area contributed by atoms with Crippen molar-refractivity contribution in [2.24, 2.45) is 0 Å². The van der Waals surface area contributed by atoms with Gasteiger partial charge in [-0.25, -0.2) is 4.39 Å². The third kappa shape index (κ3) is 2.48. The molecule has 0 saturated carbocycles. The molecule has 0 heterocycles. The summed E-state index contributed by atoms with van der Waals surface area (Å²) in [6.07, 6.45) is -2.78. The molecule has 1 nitrogen and oxygen atoms in total. The molecule has 0 unspecified atom stereocenters. The van der Waals surface area contributed by atoms with Gasteiger partial charge in [-0.05, 0) is 12.1 Å². The van der Waals surface area contributed by atoms with Gasteiger partial charge in [-0.1, -0.05) is 18.7 Å². The van der Waals surface area contributed by atoms with Gasteiger partial charge in [-0.2, -0.15) is 0 Å². The Morgan fingerprint density at radius 3 is 2.43 bits per heavy atom. The molecule has 0 aliphatic rings. The van der Waals surface area contributed by atoms with E-state index in [1.54, 1.807) is 0 Å². The number of alkyl halides is 3. The van der Waals surface area contributed by atoms with E-state index in [0.717, 1.165) is 6.07 Å². The number of benzene rings is 1. The Balaban J connectivity index is 3.11. The van der Waals surface area contributed by atoms with Crippen molar-refractivity contribution in [3.05, 3.63) is 42.2 Å². The van der Waals surface area contributed by atoms with Crippen LogP contribution in [0.15, 0.2) is 24.8 Å². The highest BCUT2D eigenvalue weighted by Gasteiger charge is 2.33. The number of ether oxygens (including phenoxy) is 1. The molecule has 14 heavy (non-hydrogen) atoms. The number of rotatable bonds is 2. The van der Waals surface area contributed by atoms with Gasteiger partial charge in [0, 0.05) is 5.56 Å². The maximum Gasteiger partial charge on any atom is 0.573 e. The first-order valence-corrected chi connectivity index (χ1v) is 3.51. The molecular formula is C9H5F4O. The van der Waals surface area contributed by atoms with Crippen molar-refractivity contribution < 1.29 is 22.3 Å². The van der Waals surface area contributed by atoms with E-state index < -0.39 is 17.9 Å². The summed E-state index contributed by atoms with van der Waals surface area (Å²) >= 11 is 0. The number of hydrogen-bond acceptors (Lipinski definition) is 1. The summed E-state index contributed by atoms with van der Waals surface area (Å²) < 4.78 is 51.8. The highest BCUT2D eigenvalue weighted by atomic mass is 19.4. The van der Waals surface area contributed by atoms with Crippen molar-refractivity contribution in [1.29, 1.82) is 0 Å². The van der Waals surface area contributed by atoms with E-state index >= 15 is 0 Å². The van der Waals surface area contributed by atoms with Gasteiger partial charge >= 0.3 is 6.36 Å². The average Bonchev–Trinajstić information content (AvgIpc) is 2.06. The van der Waals surface area contributed by atoms with Crippen LogP contribution >= 0.6 is 0 Å². The molecule has 0 atom stereocenters. The maximum atomic E-state index is 12.9. The fourth-order valence-corrected chi connectivity index (χ4v) is 0.868. The zero-order valence-electron chi connectivity index (χ0n) is 6.86. The van der Waals surface area contributed by atoms with E-state index in [1.807, 2.05) is 0 Å². The second-order valence-electron chi connectivity index (χ2n) is 2.34. The van der Waals surface area contributed by atoms with Crippen LogP contribution in [0.2, 0.25) is 0 Å². The van der Waals surface area contributed by atoms with Gasteiger partial charge in [0.2, 0.25) is 0 Å². The summed E-state index contributed by atoms with van der Waals surface area (Å²) in [6, 6.07) is 3.32. The standard InChI is InChI=1S/C9H5F4O/c1-2-6-4-3-5-7(10)8(6)14-9(11,12)13/h3-5H,1H2. The lowest BCUT2D eigenvalue weighted by atomic mass is 10.2. The molecule has 0 aliphatic heterocycles. The number of halogens is 4. The quantitative estimate of drug-likeness (QED) is 0.674. The molecule has 0 saturated heterocycles. The molecule has 0 bridgehead atoms. The summed E-state index contributed by atoms with van der Waals surface area (Å²) in [5, 5.41) is 0. The van der Waals surface area contributed by atoms with Crippen LogP contribution in [0.5, 0.6) is 5.75 Å². The first kappa shape index (κ1) is 10.6. The van der Waals surface area contributed by atoms with E-state index in [0.29, 0.717) is 0 Å². The van der Waals surface area contributed by atoms with Gasteiger partial charge in [0.15, 0.2) is 11.6 Å². The van der Waals surface area contributed by atoms with E-state index in [4.69, 9.17) is 0 Å². The lowest BCUT2D eigenvalue weighted by molar-refractivity contribution is -0.275. The molecule has 1 rings (SSSR count). The van der Waals surface area contributed by atoms with E-state index in [9.17, 15) is 17.6 Å². The van der Waals surface area contributed by atoms with Gasteiger partial charge in [-0.3, -0.25) is 0 Å². The van der Waals surface area contributed by atoms with Crippen LogP contribution in [-0.4, -0.2) is 6.36 Å². The van der Waals surface area contributed by atoms with Gasteiger partial charge in [0.1, 0.15) is 0 Å². The minimum atomic E-state index is -4.92. The molecule has 75 valence electrons. The van der Waals surface area contributed by atoms with Gasteiger partial charge in [-0.15, -0.1) is 13.2 Å². The summed E-state index contributed by atoms with van der Waals surface area (Å²) in [6.45, 7) is 3.12. The molecule has 1 radical (unpaired) electrons. The molecule has 1 aromatic carbocycles. The van der Waals surface area contributed by atoms with Crippen LogP contribution in [0.4, 0.5) is 17.6 Å². The third-order valence-electron chi connectivity index (χ3n) is 1.38. The van der Waals surface area contributed by atoms with Crippen LogP contribution in [0.3, 0.4) is 0 Å². The Kier molecular flexibility index (Phi) is 2.78. The molecule has 1 aromatic rings. The van der Waals surface area contributed by atoms with Crippen LogP contribution in [-0.2, 0) is 0 Å². The van der Waals surface area contributed by atoms with Crippen molar-refractivity contribution in [1.82, 2.24) is 0 Å². The van der Waals surface area contributed by atoms with Gasteiger partial charge in [0.05, 0.1) is 0 Å². The zero-order chi connectivity index (χ0) is 10.8. The molecule has 5 heteroatoms. The Labute approximate surface area is 77.6 Å². The monoisotopic (exact) mass is 205 g/mol. The van der Waals surface area contributed by atoms with Crippen molar-refractivity contribution in [2.75, 3.05) is 0 Å². The van der Waals surface area contributed by atoms with Gasteiger partial charge in [0.25, 0.3) is 0 Å². The molecule has 0 amide bonds. The van der Waals surface area contributed by atoms with Crippen molar-refractivity contribution in [3.8, 4) is 5.75 Å². The summed E-state index contributed by atoms with van der Waals surface area (Å²) in [4.78, 5) is 0. The molecule has 0 aliphatic carbocycles. The Bertz CT molecular complexity index is 343. The molecule has 0 aromatic heterocycles. The molecular weight excluding hydrogens is 200 g/mol. The second kappa shape index (κ2) is 3.69. The normalized spacial score (nSPS) is 11.1. The average molecular weight is 205 g/mol. The van der Waals surface area contributed by atoms with Gasteiger partial charge < -0.3 is 4.74 Å². The molecule has 0 fully saturated rings. The third-order valence-corrected chi connectivity index (χ3v) is 1.38. The van der Waals surface area contributed by atoms with Crippen LogP contribution in [0.1, 0.15) is 5.56 Å². The van der Waals surface area contributed by atoms with Crippen molar-refractivity contribution in [3.63, 3.8) is 0 Å². The maximum absolute atomic E-state index is 12.9. The van der Waals surface area contributed by atoms with E-state index in [-0.39, 0.29) is 5.56 Å². The number of para-hydroxylation sites is 1. The molecule has 0 spiro atoms. The predicted octanol–water partition coefficient (Wildman–Crippen LogP) is 3.06. The Hall–Kier alpha value is -1.52. The van der Waals surface area contributed by atoms with Crippen molar-refractivity contribution in [2.45, 2.75) is 6.36 Å². The zero-order valence-corrected chi connectivity index (χ0v) is 6.86. The first-order valence-electron chi connectivity index (χ1n) is 3.51. The largest absolute Gasteiger partial charge is 0.573 e. The smallest absolute Gasteiger partial charge is 0.402 e. The highest BCUT2D eigenvalue weighted by molar-refractivity contribution is 5.38. The number of hydrogen-bond donors (Lipinski definition) is 0.